The van der Waals surface area contributed by atoms with Gasteiger partial charge >= 0.3 is 0 Å². The van der Waals surface area contributed by atoms with Crippen LogP contribution >= 0.6 is 0 Å². The Labute approximate surface area is 97.5 Å². The molecule has 1 aliphatic rings. The maximum absolute atomic E-state index is 13.0. The monoisotopic (exact) mass is 241 g/mol. The minimum Gasteiger partial charge on any atom is -0.544 e. The Bertz CT molecular complexity index is 442. The summed E-state index contributed by atoms with van der Waals surface area (Å²) >= 11 is 0. The zero-order valence-electron chi connectivity index (χ0n) is 9.21. The first kappa shape index (κ1) is 12.0. The third-order valence-electron chi connectivity index (χ3n) is 3.27. The van der Waals surface area contributed by atoms with Gasteiger partial charge in [0.2, 0.25) is 0 Å². The molecule has 0 bridgehead atoms. The number of hydrogen-bond donors (Lipinski definition) is 1. The average molecular weight is 241 g/mol. The summed E-state index contributed by atoms with van der Waals surface area (Å²) in [5, 5.41) is 12.9. The largest absolute Gasteiger partial charge is 0.544 e. The molecular formula is C12H13F2NO2. The maximum atomic E-state index is 13.0. The van der Waals surface area contributed by atoms with Crippen molar-refractivity contribution in [1.29, 1.82) is 0 Å². The molecule has 17 heavy (non-hydrogen) atoms. The van der Waals surface area contributed by atoms with Crippen LogP contribution in [0, 0.1) is 11.6 Å². The molecule has 0 aliphatic carbocycles. The van der Waals surface area contributed by atoms with Gasteiger partial charge in [0, 0.05) is 19.3 Å². The molecule has 1 heterocycles. The molecule has 0 radical (unpaired) electrons. The molecule has 2 N–H and O–H groups in total. The van der Waals surface area contributed by atoms with E-state index in [2.05, 4.69) is 0 Å². The van der Waals surface area contributed by atoms with Crippen molar-refractivity contribution in [2.75, 3.05) is 6.54 Å². The SMILES string of the molecule is O=C([O-])[C@]1(Cc2ccc(F)c(F)c2)CCC[NH2+]1. The van der Waals surface area contributed by atoms with Crippen LogP contribution < -0.4 is 10.4 Å². The number of rotatable bonds is 3. The van der Waals surface area contributed by atoms with Crippen LogP contribution in [0.1, 0.15) is 18.4 Å². The van der Waals surface area contributed by atoms with Gasteiger partial charge in [0.15, 0.2) is 11.6 Å². The summed E-state index contributed by atoms with van der Waals surface area (Å²) in [6.45, 7) is 0.720. The second-order valence-electron chi connectivity index (χ2n) is 4.47. The highest BCUT2D eigenvalue weighted by atomic mass is 19.2. The van der Waals surface area contributed by atoms with Gasteiger partial charge in [0.1, 0.15) is 11.5 Å². The molecule has 1 atom stereocenters. The zero-order chi connectivity index (χ0) is 12.5. The molecule has 0 unspecified atom stereocenters. The first-order chi connectivity index (χ1) is 8.03. The van der Waals surface area contributed by atoms with E-state index in [9.17, 15) is 18.7 Å². The van der Waals surface area contributed by atoms with Gasteiger partial charge in [-0.1, -0.05) is 6.07 Å². The third-order valence-corrected chi connectivity index (χ3v) is 3.27. The molecular weight excluding hydrogens is 228 g/mol. The van der Waals surface area contributed by atoms with Gasteiger partial charge in [-0.3, -0.25) is 0 Å². The van der Waals surface area contributed by atoms with Crippen molar-refractivity contribution in [1.82, 2.24) is 0 Å². The van der Waals surface area contributed by atoms with Crippen LogP contribution in [0.2, 0.25) is 0 Å². The van der Waals surface area contributed by atoms with Crippen LogP contribution in [0.25, 0.3) is 0 Å². The number of hydrogen-bond acceptors (Lipinski definition) is 2. The number of carbonyl (C=O) groups excluding carboxylic acids is 1. The highest BCUT2D eigenvalue weighted by Gasteiger charge is 2.39. The minimum atomic E-state index is -1.14. The van der Waals surface area contributed by atoms with Crippen molar-refractivity contribution in [3.05, 3.63) is 35.4 Å². The van der Waals surface area contributed by atoms with Gasteiger partial charge in [-0.15, -0.1) is 0 Å². The molecule has 0 spiro atoms. The van der Waals surface area contributed by atoms with Crippen molar-refractivity contribution < 1.29 is 24.0 Å². The lowest BCUT2D eigenvalue weighted by molar-refractivity contribution is -0.700. The van der Waals surface area contributed by atoms with Gasteiger partial charge in [-0.25, -0.2) is 8.78 Å². The molecule has 5 heteroatoms. The Morgan fingerprint density at radius 1 is 1.41 bits per heavy atom. The van der Waals surface area contributed by atoms with Crippen LogP contribution in [0.4, 0.5) is 8.78 Å². The summed E-state index contributed by atoms with van der Waals surface area (Å²) in [6.07, 6.45) is 1.44. The van der Waals surface area contributed by atoms with E-state index in [-0.39, 0.29) is 6.42 Å². The van der Waals surface area contributed by atoms with Crippen molar-refractivity contribution in [3.8, 4) is 0 Å². The van der Waals surface area contributed by atoms with Gasteiger partial charge < -0.3 is 15.2 Å². The Morgan fingerprint density at radius 3 is 2.71 bits per heavy atom. The zero-order valence-corrected chi connectivity index (χ0v) is 9.21. The molecule has 1 saturated heterocycles. The highest BCUT2D eigenvalue weighted by Crippen LogP contribution is 2.19. The predicted molar refractivity (Wildman–Crippen MR) is 53.8 cm³/mol. The Balaban J connectivity index is 2.23. The van der Waals surface area contributed by atoms with E-state index in [4.69, 9.17) is 0 Å². The Kier molecular flexibility index (Phi) is 3.11. The van der Waals surface area contributed by atoms with Crippen molar-refractivity contribution in [2.24, 2.45) is 0 Å². The van der Waals surface area contributed by atoms with Crippen LogP contribution in [0.15, 0.2) is 18.2 Å². The highest BCUT2D eigenvalue weighted by molar-refractivity contribution is 5.75. The third kappa shape index (κ3) is 2.29. The van der Waals surface area contributed by atoms with E-state index in [1.807, 2.05) is 0 Å². The fourth-order valence-corrected chi connectivity index (χ4v) is 2.33. The molecule has 2 rings (SSSR count). The molecule has 0 saturated carbocycles. The fraction of sp³-hybridized carbons (Fsp3) is 0.417. The lowest BCUT2D eigenvalue weighted by Crippen LogP contribution is -2.97. The molecule has 1 aromatic rings. The summed E-state index contributed by atoms with van der Waals surface area (Å²) in [5.74, 6) is -3.01. The number of halogens is 2. The minimum absolute atomic E-state index is 0.159. The Morgan fingerprint density at radius 2 is 2.18 bits per heavy atom. The van der Waals surface area contributed by atoms with Gasteiger partial charge in [0.25, 0.3) is 0 Å². The molecule has 1 fully saturated rings. The van der Waals surface area contributed by atoms with E-state index in [0.29, 0.717) is 12.0 Å². The first-order valence-electron chi connectivity index (χ1n) is 5.53. The molecule has 1 aromatic carbocycles. The molecule has 92 valence electrons. The van der Waals surface area contributed by atoms with E-state index in [0.717, 1.165) is 25.1 Å². The molecule has 3 nitrogen and oxygen atoms in total. The van der Waals surface area contributed by atoms with Gasteiger partial charge in [-0.05, 0) is 17.7 Å². The molecule has 0 aromatic heterocycles. The number of carbonyl (C=O) groups is 1. The van der Waals surface area contributed by atoms with Gasteiger partial charge in [0.05, 0.1) is 6.54 Å². The van der Waals surface area contributed by atoms with Crippen molar-refractivity contribution in [2.45, 2.75) is 24.8 Å². The van der Waals surface area contributed by atoms with E-state index >= 15 is 0 Å². The van der Waals surface area contributed by atoms with E-state index < -0.39 is 23.1 Å². The summed E-state index contributed by atoms with van der Waals surface area (Å²) in [4.78, 5) is 11.2. The summed E-state index contributed by atoms with van der Waals surface area (Å²) in [6, 6.07) is 3.48. The van der Waals surface area contributed by atoms with Crippen molar-refractivity contribution >= 4 is 5.97 Å². The summed E-state index contributed by atoms with van der Waals surface area (Å²) in [5.41, 5.74) is -0.546. The van der Waals surface area contributed by atoms with Crippen LogP contribution in [0.3, 0.4) is 0 Å². The topological polar surface area (TPSA) is 56.7 Å². The fourth-order valence-electron chi connectivity index (χ4n) is 2.33. The number of carboxylic acids is 1. The smallest absolute Gasteiger partial charge is 0.159 e. The number of benzene rings is 1. The number of carboxylic acid groups (broad SMARTS) is 1. The summed E-state index contributed by atoms with van der Waals surface area (Å²) in [7, 11) is 0. The second-order valence-corrected chi connectivity index (χ2v) is 4.47. The first-order valence-corrected chi connectivity index (χ1v) is 5.53. The second kappa shape index (κ2) is 4.41. The van der Waals surface area contributed by atoms with Gasteiger partial charge in [-0.2, -0.15) is 0 Å². The quantitative estimate of drug-likeness (QED) is 0.764. The maximum Gasteiger partial charge on any atom is 0.159 e. The van der Waals surface area contributed by atoms with Crippen LogP contribution in [0.5, 0.6) is 0 Å². The predicted octanol–water partition coefficient (Wildman–Crippen LogP) is -0.647. The lowest BCUT2D eigenvalue weighted by atomic mass is 9.89. The Hall–Kier alpha value is -1.49. The summed E-state index contributed by atoms with van der Waals surface area (Å²) < 4.78 is 25.8. The number of aliphatic carboxylic acids is 1. The van der Waals surface area contributed by atoms with Crippen molar-refractivity contribution in [3.63, 3.8) is 0 Å². The van der Waals surface area contributed by atoms with E-state index in [1.54, 1.807) is 5.32 Å². The number of quaternary nitrogens is 1. The standard InChI is InChI=1S/C12H13F2NO2/c13-9-3-2-8(6-10(9)14)7-12(11(16)17)4-1-5-15-12/h2-3,6,15H,1,4-5,7H2,(H,16,17)/t12-/m1/s1. The molecule has 1 aliphatic heterocycles. The normalized spacial score (nSPS) is 23.9. The van der Waals surface area contributed by atoms with Crippen LogP contribution in [-0.2, 0) is 11.2 Å². The lowest BCUT2D eigenvalue weighted by Gasteiger charge is -2.27. The molecule has 0 amide bonds. The van der Waals surface area contributed by atoms with E-state index in [1.165, 1.54) is 6.07 Å². The number of nitrogens with two attached hydrogens (primary N) is 1. The van der Waals surface area contributed by atoms with Crippen LogP contribution in [-0.4, -0.2) is 18.1 Å². The average Bonchev–Trinajstić information content (AvgIpc) is 2.73.